The molecule has 0 saturated carbocycles. The molecule has 1 heterocycles. The molecule has 0 aliphatic carbocycles. The molecule has 0 aromatic heterocycles. The van der Waals surface area contributed by atoms with Gasteiger partial charge in [0.15, 0.2) is 5.92 Å². The van der Waals surface area contributed by atoms with Gasteiger partial charge in [-0.15, -0.1) is 0 Å². The Morgan fingerprint density at radius 2 is 2.24 bits per heavy atom. The van der Waals surface area contributed by atoms with E-state index in [0.717, 1.165) is 0 Å². The zero-order valence-corrected chi connectivity index (χ0v) is 9.44. The van der Waals surface area contributed by atoms with Crippen molar-refractivity contribution in [2.45, 2.75) is 25.2 Å². The molecular formula is C10H15F3N2O2. The van der Waals surface area contributed by atoms with Crippen molar-refractivity contribution in [1.82, 2.24) is 4.90 Å². The highest BCUT2D eigenvalue weighted by Gasteiger charge is 2.42. The molecule has 0 aromatic carbocycles. The number of halogens is 3. The summed E-state index contributed by atoms with van der Waals surface area (Å²) in [6, 6.07) is 1.09. The average molecular weight is 252 g/mol. The van der Waals surface area contributed by atoms with Crippen LogP contribution in [0.2, 0.25) is 0 Å². The molecule has 0 spiro atoms. The van der Waals surface area contributed by atoms with Crippen molar-refractivity contribution in [1.29, 1.82) is 5.26 Å². The Balaban J connectivity index is 2.62. The van der Waals surface area contributed by atoms with Crippen molar-refractivity contribution < 1.29 is 23.0 Å². The minimum atomic E-state index is -4.51. The van der Waals surface area contributed by atoms with Crippen LogP contribution in [0.4, 0.5) is 13.2 Å². The van der Waals surface area contributed by atoms with E-state index in [2.05, 4.69) is 0 Å². The number of nitrogens with zero attached hydrogens (tertiary/aromatic N) is 2. The molecule has 4 nitrogen and oxygen atoms in total. The fourth-order valence-electron chi connectivity index (χ4n) is 1.69. The van der Waals surface area contributed by atoms with Gasteiger partial charge in [0.1, 0.15) is 0 Å². The fourth-order valence-corrected chi connectivity index (χ4v) is 1.69. The monoisotopic (exact) mass is 252 g/mol. The Morgan fingerprint density at radius 3 is 2.71 bits per heavy atom. The Labute approximate surface area is 97.6 Å². The number of hydrogen-bond donors (Lipinski definition) is 1. The Hall–Kier alpha value is -0.840. The van der Waals surface area contributed by atoms with E-state index in [1.165, 1.54) is 11.0 Å². The predicted molar refractivity (Wildman–Crippen MR) is 53.0 cm³/mol. The van der Waals surface area contributed by atoms with Crippen LogP contribution in [0.5, 0.6) is 0 Å². The van der Waals surface area contributed by atoms with E-state index in [9.17, 15) is 13.2 Å². The molecule has 1 aliphatic heterocycles. The second-order valence-corrected chi connectivity index (χ2v) is 4.16. The maximum Gasteiger partial charge on any atom is 0.405 e. The van der Waals surface area contributed by atoms with Crippen LogP contribution in [0.25, 0.3) is 0 Å². The summed E-state index contributed by atoms with van der Waals surface area (Å²) < 4.78 is 42.6. The van der Waals surface area contributed by atoms with Crippen molar-refractivity contribution in [2.24, 2.45) is 5.92 Å². The van der Waals surface area contributed by atoms with Crippen LogP contribution in [0.3, 0.4) is 0 Å². The minimum Gasteiger partial charge on any atom is -0.394 e. The van der Waals surface area contributed by atoms with Gasteiger partial charge in [-0.05, 0) is 6.92 Å². The number of morpholine rings is 1. The minimum absolute atomic E-state index is 0.184. The summed E-state index contributed by atoms with van der Waals surface area (Å²) in [7, 11) is 0. The van der Waals surface area contributed by atoms with Crippen LogP contribution in [0.15, 0.2) is 0 Å². The van der Waals surface area contributed by atoms with Gasteiger partial charge in [-0.25, -0.2) is 0 Å². The third kappa shape index (κ3) is 3.84. The van der Waals surface area contributed by atoms with Crippen molar-refractivity contribution in [3.63, 3.8) is 0 Å². The summed E-state index contributed by atoms with van der Waals surface area (Å²) in [5.74, 6) is -2.00. The number of ether oxygens (including phenoxy) is 1. The van der Waals surface area contributed by atoms with E-state index >= 15 is 0 Å². The summed E-state index contributed by atoms with van der Waals surface area (Å²) >= 11 is 0. The molecule has 3 unspecified atom stereocenters. The largest absolute Gasteiger partial charge is 0.405 e. The molecule has 17 heavy (non-hydrogen) atoms. The Kier molecular flexibility index (Phi) is 4.74. The topological polar surface area (TPSA) is 56.5 Å². The number of alkyl halides is 3. The summed E-state index contributed by atoms with van der Waals surface area (Å²) in [5.41, 5.74) is 0. The van der Waals surface area contributed by atoms with Crippen LogP contribution in [-0.4, -0.2) is 54.6 Å². The van der Waals surface area contributed by atoms with Crippen LogP contribution in [-0.2, 0) is 4.74 Å². The molecule has 0 amide bonds. The van der Waals surface area contributed by atoms with E-state index in [1.54, 1.807) is 6.92 Å². The SMILES string of the molecule is CC1COC(CO)CN1CC(C#N)C(F)(F)F. The van der Waals surface area contributed by atoms with E-state index in [-0.39, 0.29) is 32.3 Å². The highest BCUT2D eigenvalue weighted by atomic mass is 19.4. The van der Waals surface area contributed by atoms with Gasteiger partial charge in [-0.1, -0.05) is 0 Å². The maximum atomic E-state index is 12.5. The lowest BCUT2D eigenvalue weighted by Gasteiger charge is -2.38. The second kappa shape index (κ2) is 5.67. The normalized spacial score (nSPS) is 28.7. The first kappa shape index (κ1) is 14.2. The number of hydrogen-bond acceptors (Lipinski definition) is 4. The summed E-state index contributed by atoms with van der Waals surface area (Å²) in [5, 5.41) is 17.4. The van der Waals surface area contributed by atoms with Gasteiger partial charge in [-0.3, -0.25) is 4.90 Å². The molecule has 3 atom stereocenters. The van der Waals surface area contributed by atoms with Gasteiger partial charge in [0.2, 0.25) is 0 Å². The molecule has 0 radical (unpaired) electrons. The zero-order chi connectivity index (χ0) is 13.1. The molecule has 7 heteroatoms. The average Bonchev–Trinajstić information content (AvgIpc) is 2.26. The van der Waals surface area contributed by atoms with Crippen molar-refractivity contribution in [3.8, 4) is 6.07 Å². The smallest absolute Gasteiger partial charge is 0.394 e. The maximum absolute atomic E-state index is 12.5. The first-order valence-corrected chi connectivity index (χ1v) is 5.31. The standard InChI is InChI=1S/C10H15F3N2O2/c1-7-6-17-9(5-16)4-15(7)3-8(2-14)10(11,12)13/h7-9,16H,3-6H2,1H3. The summed E-state index contributed by atoms with van der Waals surface area (Å²) in [6.45, 7) is 1.61. The number of nitriles is 1. The van der Waals surface area contributed by atoms with Crippen molar-refractivity contribution in [2.75, 3.05) is 26.3 Å². The number of aliphatic hydroxyl groups excluding tert-OH is 1. The molecular weight excluding hydrogens is 237 g/mol. The molecule has 98 valence electrons. The second-order valence-electron chi connectivity index (χ2n) is 4.16. The first-order valence-electron chi connectivity index (χ1n) is 5.31. The van der Waals surface area contributed by atoms with Gasteiger partial charge < -0.3 is 9.84 Å². The first-order chi connectivity index (χ1) is 7.88. The quantitative estimate of drug-likeness (QED) is 0.806. The van der Waals surface area contributed by atoms with Gasteiger partial charge >= 0.3 is 6.18 Å². The van der Waals surface area contributed by atoms with Crippen LogP contribution in [0.1, 0.15) is 6.92 Å². The van der Waals surface area contributed by atoms with E-state index in [0.29, 0.717) is 0 Å². The lowest BCUT2D eigenvalue weighted by Crippen LogP contribution is -2.52. The molecule has 1 N–H and O–H groups in total. The highest BCUT2D eigenvalue weighted by Crippen LogP contribution is 2.27. The van der Waals surface area contributed by atoms with Gasteiger partial charge in [-0.2, -0.15) is 18.4 Å². The van der Waals surface area contributed by atoms with Crippen molar-refractivity contribution in [3.05, 3.63) is 0 Å². The third-order valence-electron chi connectivity index (χ3n) is 2.81. The van der Waals surface area contributed by atoms with E-state index < -0.39 is 18.2 Å². The molecule has 1 fully saturated rings. The van der Waals surface area contributed by atoms with Gasteiger partial charge in [0, 0.05) is 19.1 Å². The van der Waals surface area contributed by atoms with Gasteiger partial charge in [0.25, 0.3) is 0 Å². The molecule has 0 aromatic rings. The van der Waals surface area contributed by atoms with Crippen LogP contribution < -0.4 is 0 Å². The number of aliphatic hydroxyl groups is 1. The summed E-state index contributed by atoms with van der Waals surface area (Å²) in [4.78, 5) is 1.53. The fraction of sp³-hybridized carbons (Fsp3) is 0.900. The van der Waals surface area contributed by atoms with Gasteiger partial charge in [0.05, 0.1) is 25.4 Å². The van der Waals surface area contributed by atoms with E-state index in [4.69, 9.17) is 15.1 Å². The predicted octanol–water partition coefficient (Wildman–Crippen LogP) is 0.770. The van der Waals surface area contributed by atoms with Crippen LogP contribution in [0, 0.1) is 17.2 Å². The van der Waals surface area contributed by atoms with E-state index in [1.807, 2.05) is 0 Å². The lowest BCUT2D eigenvalue weighted by molar-refractivity contribution is -0.171. The molecule has 1 aliphatic rings. The zero-order valence-electron chi connectivity index (χ0n) is 9.44. The molecule has 1 saturated heterocycles. The summed E-state index contributed by atoms with van der Waals surface area (Å²) in [6.07, 6.45) is -4.99. The lowest BCUT2D eigenvalue weighted by atomic mass is 10.1. The Bertz CT molecular complexity index is 290. The molecule has 1 rings (SSSR count). The third-order valence-corrected chi connectivity index (χ3v) is 2.81. The molecule has 0 bridgehead atoms. The number of rotatable bonds is 3. The van der Waals surface area contributed by atoms with Crippen LogP contribution >= 0.6 is 0 Å². The highest BCUT2D eigenvalue weighted by molar-refractivity contribution is 4.92. The Morgan fingerprint density at radius 1 is 1.59 bits per heavy atom. The van der Waals surface area contributed by atoms with Crippen molar-refractivity contribution >= 4 is 0 Å².